The van der Waals surface area contributed by atoms with Gasteiger partial charge in [-0.3, -0.25) is 14.4 Å². The Balaban J connectivity index is 1.59. The van der Waals surface area contributed by atoms with E-state index < -0.39 is 12.1 Å². The van der Waals surface area contributed by atoms with Gasteiger partial charge in [-0.2, -0.15) is 0 Å². The summed E-state index contributed by atoms with van der Waals surface area (Å²) in [5.41, 5.74) is 4.23. The molecule has 2 aliphatic heterocycles. The quantitative estimate of drug-likeness (QED) is 0.728. The number of nitrogens with zero attached hydrogens (tertiary/aromatic N) is 2. The molecule has 0 radical (unpaired) electrons. The Morgan fingerprint density at radius 3 is 2.55 bits per heavy atom. The van der Waals surface area contributed by atoms with E-state index in [1.165, 1.54) is 0 Å². The average Bonchev–Trinajstić information content (AvgIpc) is 2.81. The van der Waals surface area contributed by atoms with E-state index >= 15 is 0 Å². The highest BCUT2D eigenvalue weighted by molar-refractivity contribution is 6.08. The van der Waals surface area contributed by atoms with Crippen LogP contribution in [0, 0.1) is 13.8 Å². The molecular weight excluding hydrogens is 416 g/mol. The fraction of sp³-hybridized carbons (Fsp3) is 0.423. The van der Waals surface area contributed by atoms with Gasteiger partial charge in [-0.05, 0) is 63.8 Å². The van der Waals surface area contributed by atoms with Crippen LogP contribution in [0.5, 0.6) is 0 Å². The van der Waals surface area contributed by atoms with Gasteiger partial charge in [-0.15, -0.1) is 0 Å². The van der Waals surface area contributed by atoms with Gasteiger partial charge in [0.05, 0.1) is 17.8 Å². The first-order valence-corrected chi connectivity index (χ1v) is 11.7. The summed E-state index contributed by atoms with van der Waals surface area (Å²) in [6.45, 7) is 7.26. The number of nitrogens with one attached hydrogen (secondary N) is 2. The van der Waals surface area contributed by atoms with E-state index in [4.69, 9.17) is 0 Å². The largest absolute Gasteiger partial charge is 0.346 e. The molecule has 0 saturated carbocycles. The normalized spacial score (nSPS) is 18.9. The van der Waals surface area contributed by atoms with Gasteiger partial charge in [-0.25, -0.2) is 0 Å². The van der Waals surface area contributed by atoms with Crippen molar-refractivity contribution in [1.29, 1.82) is 0 Å². The van der Waals surface area contributed by atoms with E-state index in [2.05, 4.69) is 10.6 Å². The van der Waals surface area contributed by atoms with Crippen LogP contribution in [0.3, 0.4) is 0 Å². The molecule has 2 N–H and O–H groups in total. The number of piperidine rings is 1. The number of carbonyl (C=O) groups excluding carboxylic acids is 3. The fourth-order valence-corrected chi connectivity index (χ4v) is 4.81. The third-order valence-corrected chi connectivity index (χ3v) is 6.56. The molecule has 7 heteroatoms. The van der Waals surface area contributed by atoms with E-state index in [9.17, 15) is 14.4 Å². The second-order valence-corrected chi connectivity index (χ2v) is 9.06. The third kappa shape index (κ3) is 4.87. The Hall–Kier alpha value is -3.35. The SMILES string of the molecule is Cc1ccc(NC(=O)C[C@H]2C(=O)Nc3ccccc3N2[C@@H](C)C(=O)N2CCCCC2)c(C)c1. The van der Waals surface area contributed by atoms with Crippen LogP contribution in [0.2, 0.25) is 0 Å². The highest BCUT2D eigenvalue weighted by Gasteiger charge is 2.40. The van der Waals surface area contributed by atoms with E-state index in [1.807, 2.05) is 73.0 Å². The van der Waals surface area contributed by atoms with Crippen LogP contribution in [0.4, 0.5) is 17.1 Å². The molecule has 2 atom stereocenters. The molecule has 4 rings (SSSR count). The number of hydrogen-bond donors (Lipinski definition) is 2. The zero-order valence-electron chi connectivity index (χ0n) is 19.6. The molecule has 0 unspecified atom stereocenters. The third-order valence-electron chi connectivity index (χ3n) is 6.56. The molecule has 0 spiro atoms. The van der Waals surface area contributed by atoms with Crippen LogP contribution < -0.4 is 15.5 Å². The highest BCUT2D eigenvalue weighted by atomic mass is 16.2. The number of hydrogen-bond acceptors (Lipinski definition) is 4. The predicted molar refractivity (Wildman–Crippen MR) is 130 cm³/mol. The zero-order valence-corrected chi connectivity index (χ0v) is 19.6. The van der Waals surface area contributed by atoms with Gasteiger partial charge in [0, 0.05) is 18.8 Å². The number of anilines is 3. The molecule has 0 bridgehead atoms. The summed E-state index contributed by atoms with van der Waals surface area (Å²) in [5.74, 6) is -0.536. The van der Waals surface area contributed by atoms with Gasteiger partial charge in [0.25, 0.3) is 0 Å². The maximum absolute atomic E-state index is 13.4. The van der Waals surface area contributed by atoms with E-state index in [0.717, 1.165) is 54.9 Å². The maximum Gasteiger partial charge on any atom is 0.247 e. The first-order valence-electron chi connectivity index (χ1n) is 11.7. The molecule has 1 fully saturated rings. The van der Waals surface area contributed by atoms with Gasteiger partial charge in [0.1, 0.15) is 12.1 Å². The topological polar surface area (TPSA) is 81.8 Å². The molecule has 3 amide bonds. The number of para-hydroxylation sites is 2. The van der Waals surface area contributed by atoms with E-state index in [-0.39, 0.29) is 24.1 Å². The minimum absolute atomic E-state index is 0.000935. The van der Waals surface area contributed by atoms with Crippen LogP contribution in [0.1, 0.15) is 43.7 Å². The van der Waals surface area contributed by atoms with Crippen molar-refractivity contribution in [2.45, 2.75) is 58.5 Å². The Morgan fingerprint density at radius 1 is 1.09 bits per heavy atom. The first-order chi connectivity index (χ1) is 15.8. The first kappa shape index (κ1) is 22.8. The second-order valence-electron chi connectivity index (χ2n) is 9.06. The highest BCUT2D eigenvalue weighted by Crippen LogP contribution is 2.35. The Labute approximate surface area is 195 Å². The number of benzene rings is 2. The van der Waals surface area contributed by atoms with Crippen LogP contribution in [-0.4, -0.2) is 47.8 Å². The summed E-state index contributed by atoms with van der Waals surface area (Å²) in [6.07, 6.45) is 3.08. The van der Waals surface area contributed by atoms with Crippen molar-refractivity contribution in [3.05, 3.63) is 53.6 Å². The summed E-state index contributed by atoms with van der Waals surface area (Å²) >= 11 is 0. The summed E-state index contributed by atoms with van der Waals surface area (Å²) in [7, 11) is 0. The minimum atomic E-state index is -0.783. The maximum atomic E-state index is 13.4. The Bertz CT molecular complexity index is 1060. The van der Waals surface area contributed by atoms with Gasteiger partial charge in [0.2, 0.25) is 17.7 Å². The van der Waals surface area contributed by atoms with Gasteiger partial charge >= 0.3 is 0 Å². The number of likely N-dealkylation sites (tertiary alicyclic amines) is 1. The molecule has 0 aromatic heterocycles. The van der Waals surface area contributed by atoms with Crippen LogP contribution in [0.15, 0.2) is 42.5 Å². The van der Waals surface area contributed by atoms with Crippen molar-refractivity contribution in [3.63, 3.8) is 0 Å². The van der Waals surface area contributed by atoms with Gasteiger partial charge < -0.3 is 20.4 Å². The van der Waals surface area contributed by atoms with Crippen molar-refractivity contribution >= 4 is 34.8 Å². The van der Waals surface area contributed by atoms with Gasteiger partial charge in [0.15, 0.2) is 0 Å². The molecule has 2 aliphatic rings. The Kier molecular flexibility index (Phi) is 6.67. The standard InChI is InChI=1S/C26H32N4O3/c1-17-11-12-20(18(2)15-17)27-24(31)16-23-25(32)28-21-9-5-6-10-22(21)30(23)19(3)26(33)29-13-7-4-8-14-29/h5-6,9-12,15,19,23H,4,7-8,13-14,16H2,1-3H3,(H,27,31)(H,28,32)/t19-,23-/m0/s1. The minimum Gasteiger partial charge on any atom is -0.346 e. The molecular formula is C26H32N4O3. The summed E-state index contributed by atoms with van der Waals surface area (Å²) in [5, 5.41) is 5.86. The molecule has 1 saturated heterocycles. The van der Waals surface area contributed by atoms with Crippen LogP contribution in [0.25, 0.3) is 0 Å². The second kappa shape index (κ2) is 9.65. The van der Waals surface area contributed by atoms with Crippen molar-refractivity contribution in [2.75, 3.05) is 28.6 Å². The number of aryl methyl sites for hydroxylation is 2. The monoisotopic (exact) mass is 448 g/mol. The molecule has 2 aromatic carbocycles. The smallest absolute Gasteiger partial charge is 0.247 e. The van der Waals surface area contributed by atoms with E-state index in [1.54, 1.807) is 0 Å². The van der Waals surface area contributed by atoms with Crippen molar-refractivity contribution in [1.82, 2.24) is 4.90 Å². The summed E-state index contributed by atoms with van der Waals surface area (Å²) in [6, 6.07) is 11.9. The number of fused-ring (bicyclic) bond motifs is 1. The lowest BCUT2D eigenvalue weighted by atomic mass is 10.0. The Morgan fingerprint density at radius 2 is 1.82 bits per heavy atom. The molecule has 7 nitrogen and oxygen atoms in total. The number of amides is 3. The molecule has 2 heterocycles. The molecule has 33 heavy (non-hydrogen) atoms. The predicted octanol–water partition coefficient (Wildman–Crippen LogP) is 3.86. The lowest BCUT2D eigenvalue weighted by Gasteiger charge is -2.42. The molecule has 2 aromatic rings. The lowest BCUT2D eigenvalue weighted by Crippen LogP contribution is -2.58. The zero-order chi connectivity index (χ0) is 23.5. The van der Waals surface area contributed by atoms with E-state index in [0.29, 0.717) is 5.69 Å². The molecule has 174 valence electrons. The van der Waals surface area contributed by atoms with Crippen molar-refractivity contribution < 1.29 is 14.4 Å². The van der Waals surface area contributed by atoms with Crippen molar-refractivity contribution in [3.8, 4) is 0 Å². The van der Waals surface area contributed by atoms with Crippen molar-refractivity contribution in [2.24, 2.45) is 0 Å². The average molecular weight is 449 g/mol. The lowest BCUT2D eigenvalue weighted by molar-refractivity contribution is -0.133. The molecule has 0 aliphatic carbocycles. The summed E-state index contributed by atoms with van der Waals surface area (Å²) in [4.78, 5) is 43.2. The fourth-order valence-electron chi connectivity index (χ4n) is 4.81. The van der Waals surface area contributed by atoms with Crippen LogP contribution in [-0.2, 0) is 14.4 Å². The van der Waals surface area contributed by atoms with Gasteiger partial charge in [-0.1, -0.05) is 29.8 Å². The summed E-state index contributed by atoms with van der Waals surface area (Å²) < 4.78 is 0. The van der Waals surface area contributed by atoms with Crippen LogP contribution >= 0.6 is 0 Å². The number of carbonyl (C=O) groups is 3. The number of rotatable bonds is 5.